The lowest BCUT2D eigenvalue weighted by atomic mass is 10.1. The van der Waals surface area contributed by atoms with Crippen molar-refractivity contribution in [1.82, 2.24) is 20.6 Å². The number of nitrogens with one attached hydrogen (secondary N) is 3. The number of carboxylic acids is 1. The number of aromatic nitrogens is 2. The number of hydrogen-bond donors (Lipinski definition) is 7. The van der Waals surface area contributed by atoms with E-state index in [4.69, 9.17) is 16.6 Å². The number of carbonyl (C=O) groups excluding carboxylic acids is 3. The van der Waals surface area contributed by atoms with E-state index in [1.807, 2.05) is 0 Å². The molecule has 12 heteroatoms. The van der Waals surface area contributed by atoms with Gasteiger partial charge in [0.25, 0.3) is 0 Å². The quantitative estimate of drug-likeness (QED) is 0.215. The fraction of sp³-hybridized carbons (Fsp3) is 0.462. The summed E-state index contributed by atoms with van der Waals surface area (Å²) in [7, 11) is 0. The first-order valence-corrected chi connectivity index (χ1v) is 7.83. The van der Waals surface area contributed by atoms with E-state index in [1.165, 1.54) is 12.5 Å². The smallest absolute Gasteiger partial charge is 0.327 e. The third-order valence-corrected chi connectivity index (χ3v) is 3.53. The van der Waals surface area contributed by atoms with Gasteiger partial charge in [-0.1, -0.05) is 0 Å². The summed E-state index contributed by atoms with van der Waals surface area (Å²) in [5.74, 6) is -3.89. The Balaban J connectivity index is 2.73. The molecule has 0 spiro atoms. The number of carbonyl (C=O) groups is 4. The number of aliphatic carboxylic acids is 1. The van der Waals surface area contributed by atoms with Gasteiger partial charge in [-0.15, -0.1) is 0 Å². The zero-order valence-corrected chi connectivity index (χ0v) is 14.0. The van der Waals surface area contributed by atoms with Crippen LogP contribution in [0.3, 0.4) is 0 Å². The number of primary amides is 1. The fourth-order valence-corrected chi connectivity index (χ4v) is 2.12. The molecule has 0 radical (unpaired) electrons. The maximum absolute atomic E-state index is 12.1. The van der Waals surface area contributed by atoms with Gasteiger partial charge in [-0.2, -0.15) is 12.6 Å². The van der Waals surface area contributed by atoms with Crippen LogP contribution in [0, 0.1) is 0 Å². The number of thiol groups is 1. The maximum atomic E-state index is 12.1. The van der Waals surface area contributed by atoms with Gasteiger partial charge in [0.15, 0.2) is 0 Å². The van der Waals surface area contributed by atoms with Gasteiger partial charge in [-0.05, 0) is 0 Å². The summed E-state index contributed by atoms with van der Waals surface area (Å²) in [6.45, 7) is 0. The van der Waals surface area contributed by atoms with Crippen LogP contribution in [0.15, 0.2) is 12.5 Å². The highest BCUT2D eigenvalue weighted by Gasteiger charge is 2.28. The van der Waals surface area contributed by atoms with Crippen molar-refractivity contribution in [3.63, 3.8) is 0 Å². The molecule has 11 nitrogen and oxygen atoms in total. The molecule has 1 aromatic rings. The molecule has 0 aliphatic carbocycles. The Morgan fingerprint density at radius 1 is 1.24 bits per heavy atom. The predicted molar refractivity (Wildman–Crippen MR) is 89.4 cm³/mol. The predicted octanol–water partition coefficient (Wildman–Crippen LogP) is -2.86. The first kappa shape index (κ1) is 20.4. The lowest BCUT2D eigenvalue weighted by molar-refractivity contribution is -0.141. The summed E-state index contributed by atoms with van der Waals surface area (Å²) >= 11 is 3.82. The first-order valence-electron chi connectivity index (χ1n) is 7.20. The Hall–Kier alpha value is -2.60. The molecular weight excluding hydrogens is 352 g/mol. The lowest BCUT2D eigenvalue weighted by Crippen LogP contribution is -2.56. The second-order valence-corrected chi connectivity index (χ2v) is 5.57. The molecule has 1 heterocycles. The summed E-state index contributed by atoms with van der Waals surface area (Å²) in [5, 5.41) is 13.4. The second-order valence-electron chi connectivity index (χ2n) is 5.20. The molecule has 0 fully saturated rings. The van der Waals surface area contributed by atoms with Crippen LogP contribution in [-0.2, 0) is 25.6 Å². The van der Waals surface area contributed by atoms with Crippen molar-refractivity contribution in [3.8, 4) is 0 Å². The fourth-order valence-electron chi connectivity index (χ4n) is 1.87. The summed E-state index contributed by atoms with van der Waals surface area (Å²) < 4.78 is 0. The van der Waals surface area contributed by atoms with Gasteiger partial charge < -0.3 is 32.2 Å². The second kappa shape index (κ2) is 9.64. The summed E-state index contributed by atoms with van der Waals surface area (Å²) in [6, 6.07) is -3.63. The van der Waals surface area contributed by atoms with Crippen molar-refractivity contribution in [1.29, 1.82) is 0 Å². The molecule has 0 unspecified atom stereocenters. The van der Waals surface area contributed by atoms with Crippen LogP contribution in [0.1, 0.15) is 12.1 Å². The van der Waals surface area contributed by atoms with Crippen molar-refractivity contribution in [2.24, 2.45) is 11.5 Å². The summed E-state index contributed by atoms with van der Waals surface area (Å²) in [6.07, 6.45) is 2.54. The minimum atomic E-state index is -1.35. The van der Waals surface area contributed by atoms with E-state index in [1.54, 1.807) is 0 Å². The molecule has 1 aromatic heterocycles. The third-order valence-electron chi connectivity index (χ3n) is 3.17. The maximum Gasteiger partial charge on any atom is 0.327 e. The average Bonchev–Trinajstić information content (AvgIpc) is 3.03. The highest BCUT2D eigenvalue weighted by molar-refractivity contribution is 7.80. The van der Waals surface area contributed by atoms with Crippen molar-refractivity contribution in [2.75, 3.05) is 5.75 Å². The van der Waals surface area contributed by atoms with Crippen LogP contribution in [-0.4, -0.2) is 62.6 Å². The highest BCUT2D eigenvalue weighted by Crippen LogP contribution is 2.00. The van der Waals surface area contributed by atoms with E-state index in [2.05, 4.69) is 33.2 Å². The molecule has 3 atom stereocenters. The lowest BCUT2D eigenvalue weighted by Gasteiger charge is -2.21. The van der Waals surface area contributed by atoms with E-state index >= 15 is 0 Å². The number of aromatic amines is 1. The Morgan fingerprint density at radius 2 is 1.88 bits per heavy atom. The largest absolute Gasteiger partial charge is 0.480 e. The zero-order valence-electron chi connectivity index (χ0n) is 13.1. The van der Waals surface area contributed by atoms with Crippen LogP contribution >= 0.6 is 12.6 Å². The van der Waals surface area contributed by atoms with Crippen LogP contribution in [0.25, 0.3) is 0 Å². The van der Waals surface area contributed by atoms with E-state index in [0.717, 1.165) is 0 Å². The number of amides is 3. The number of nitrogens with zero attached hydrogens (tertiary/aromatic N) is 1. The zero-order chi connectivity index (χ0) is 19.0. The van der Waals surface area contributed by atoms with Gasteiger partial charge in [0.05, 0.1) is 18.8 Å². The van der Waals surface area contributed by atoms with Gasteiger partial charge in [-0.3, -0.25) is 14.4 Å². The van der Waals surface area contributed by atoms with Gasteiger partial charge in [0, 0.05) is 24.1 Å². The van der Waals surface area contributed by atoms with E-state index < -0.39 is 48.2 Å². The molecule has 0 saturated heterocycles. The number of nitrogens with two attached hydrogens (primary N) is 2. The summed E-state index contributed by atoms with van der Waals surface area (Å²) in [4.78, 5) is 52.9. The van der Waals surface area contributed by atoms with Gasteiger partial charge >= 0.3 is 5.97 Å². The van der Waals surface area contributed by atoms with E-state index in [9.17, 15) is 19.2 Å². The molecular formula is C13H20N6O5S. The number of hydrogen-bond acceptors (Lipinski definition) is 7. The van der Waals surface area contributed by atoms with Crippen molar-refractivity contribution in [2.45, 2.75) is 31.0 Å². The molecule has 25 heavy (non-hydrogen) atoms. The van der Waals surface area contributed by atoms with Gasteiger partial charge in [0.2, 0.25) is 17.7 Å². The van der Waals surface area contributed by atoms with Crippen LogP contribution in [0.4, 0.5) is 0 Å². The highest BCUT2D eigenvalue weighted by atomic mass is 32.1. The van der Waals surface area contributed by atoms with Crippen molar-refractivity contribution >= 4 is 36.3 Å². The molecule has 0 aliphatic heterocycles. The first-order chi connectivity index (χ1) is 11.7. The van der Waals surface area contributed by atoms with Gasteiger partial charge in [-0.25, -0.2) is 9.78 Å². The molecule has 3 amide bonds. The Kier molecular flexibility index (Phi) is 7.88. The van der Waals surface area contributed by atoms with Crippen LogP contribution in [0.2, 0.25) is 0 Å². The number of H-pyrrole nitrogens is 1. The number of rotatable bonds is 10. The van der Waals surface area contributed by atoms with E-state index in [0.29, 0.717) is 5.69 Å². The van der Waals surface area contributed by atoms with Gasteiger partial charge in [0.1, 0.15) is 12.1 Å². The standard InChI is InChI=1S/C13H20N6O5S/c14-7(1-6-3-16-5-17-6)11(21)18-8(2-10(15)20)12(22)19-9(4-25)13(23)24/h3,5,7-9,25H,1-2,4,14H2,(H2,15,20)(H,16,17)(H,18,21)(H,19,22)(H,23,24)/t7-,8-,9-/m0/s1. The van der Waals surface area contributed by atoms with Crippen molar-refractivity contribution < 1.29 is 24.3 Å². The minimum Gasteiger partial charge on any atom is -0.480 e. The average molecular weight is 372 g/mol. The number of carboxylic acid groups (broad SMARTS) is 1. The molecule has 0 aromatic carbocycles. The molecule has 0 aliphatic rings. The Labute approximate surface area is 148 Å². The van der Waals surface area contributed by atoms with Crippen LogP contribution in [0.5, 0.6) is 0 Å². The Bertz CT molecular complexity index is 622. The monoisotopic (exact) mass is 372 g/mol. The molecule has 0 saturated carbocycles. The molecule has 1 rings (SSSR count). The number of imidazole rings is 1. The topological polar surface area (TPSA) is 193 Å². The molecule has 8 N–H and O–H groups in total. The van der Waals surface area contributed by atoms with E-state index in [-0.39, 0.29) is 12.2 Å². The third kappa shape index (κ3) is 6.81. The summed E-state index contributed by atoms with van der Waals surface area (Å²) in [5.41, 5.74) is 11.4. The SMILES string of the molecule is NC(=O)C[C@H](NC(=O)[C@@H](N)Cc1cnc[nH]1)C(=O)N[C@@H](CS)C(=O)O. The molecule has 0 bridgehead atoms. The minimum absolute atomic E-state index is 0.130. The van der Waals surface area contributed by atoms with Crippen molar-refractivity contribution in [3.05, 3.63) is 18.2 Å². The normalized spacial score (nSPS) is 14.2. The Morgan fingerprint density at radius 3 is 2.36 bits per heavy atom. The molecule has 138 valence electrons. The van der Waals surface area contributed by atoms with Crippen LogP contribution < -0.4 is 22.1 Å².